The normalized spacial score (nSPS) is 27.2. The van der Waals surface area contributed by atoms with Gasteiger partial charge in [-0.3, -0.25) is 4.68 Å². The first-order valence-electron chi connectivity index (χ1n) is 7.02. The zero-order chi connectivity index (χ0) is 14.8. The summed E-state index contributed by atoms with van der Waals surface area (Å²) < 4.78 is 13.5. The van der Waals surface area contributed by atoms with Crippen molar-refractivity contribution in [3.63, 3.8) is 0 Å². The molecule has 1 aromatic heterocycles. The average Bonchev–Trinajstić information content (AvgIpc) is 2.78. The van der Waals surface area contributed by atoms with E-state index in [2.05, 4.69) is 34.9 Å². The van der Waals surface area contributed by atoms with Gasteiger partial charge in [0, 0.05) is 20.0 Å². The minimum atomic E-state index is -0.893. The monoisotopic (exact) mass is 346 g/mol. The summed E-state index contributed by atoms with van der Waals surface area (Å²) in [5.74, 6) is 0.385. The molecule has 0 radical (unpaired) electrons. The molecule has 2 heterocycles. The van der Waals surface area contributed by atoms with E-state index in [4.69, 9.17) is 9.47 Å². The lowest BCUT2D eigenvalue weighted by Gasteiger charge is -2.39. The van der Waals surface area contributed by atoms with Crippen LogP contribution in [-0.2, 0) is 21.6 Å². The number of nitrogens with zero attached hydrogens (tertiary/aromatic N) is 2. The molecule has 1 aliphatic heterocycles. The molecule has 1 N–H and O–H groups in total. The van der Waals surface area contributed by atoms with Crippen LogP contribution >= 0.6 is 15.9 Å². The Balaban J connectivity index is 2.26. The quantitative estimate of drug-likeness (QED) is 0.888. The van der Waals surface area contributed by atoms with E-state index >= 15 is 0 Å². The van der Waals surface area contributed by atoms with Crippen LogP contribution in [0.15, 0.2) is 10.7 Å². The van der Waals surface area contributed by atoms with Gasteiger partial charge in [-0.05, 0) is 21.8 Å². The molecular weight excluding hydrogens is 324 g/mol. The van der Waals surface area contributed by atoms with Crippen molar-refractivity contribution in [2.24, 2.45) is 5.92 Å². The van der Waals surface area contributed by atoms with Crippen molar-refractivity contribution in [3.05, 3.63) is 16.4 Å². The van der Waals surface area contributed by atoms with Crippen LogP contribution in [0.25, 0.3) is 0 Å². The number of aliphatic hydroxyl groups is 1. The Morgan fingerprint density at radius 2 is 2.40 bits per heavy atom. The van der Waals surface area contributed by atoms with Gasteiger partial charge in [-0.25, -0.2) is 0 Å². The molecular formula is C14H23BrN2O3. The lowest BCUT2D eigenvalue weighted by atomic mass is 9.84. The summed E-state index contributed by atoms with van der Waals surface area (Å²) in [5.41, 5.74) is -0.0560. The van der Waals surface area contributed by atoms with Gasteiger partial charge in [0.2, 0.25) is 0 Å². The van der Waals surface area contributed by atoms with Crippen molar-refractivity contribution in [2.75, 3.05) is 20.3 Å². The van der Waals surface area contributed by atoms with Gasteiger partial charge in [0.15, 0.2) is 0 Å². The highest BCUT2D eigenvalue weighted by Gasteiger charge is 2.41. The van der Waals surface area contributed by atoms with Crippen LogP contribution in [0, 0.1) is 5.92 Å². The first-order chi connectivity index (χ1) is 9.48. The van der Waals surface area contributed by atoms with Gasteiger partial charge < -0.3 is 14.6 Å². The van der Waals surface area contributed by atoms with Gasteiger partial charge >= 0.3 is 0 Å². The fourth-order valence-corrected chi connectivity index (χ4v) is 3.35. The highest BCUT2D eigenvalue weighted by molar-refractivity contribution is 9.10. The van der Waals surface area contributed by atoms with Crippen LogP contribution in [-0.4, -0.2) is 41.3 Å². The third-order valence-electron chi connectivity index (χ3n) is 3.87. The molecule has 0 aliphatic carbocycles. The Labute approximate surface area is 128 Å². The first-order valence-corrected chi connectivity index (χ1v) is 7.82. The number of halogens is 1. The lowest BCUT2D eigenvalue weighted by molar-refractivity contribution is -0.125. The standard InChI is InChI=1S/C14H23BrN2O3/c1-10(2)12-8-14(18,4-6-20-12)13-11(15)9-16-17(13)5-7-19-3/h9-10,12,18H,4-8H2,1-3H3. The second-order valence-corrected chi connectivity index (χ2v) is 6.55. The Bertz CT molecular complexity index is 450. The third kappa shape index (κ3) is 3.24. The molecule has 20 heavy (non-hydrogen) atoms. The number of hydrogen-bond donors (Lipinski definition) is 1. The summed E-state index contributed by atoms with van der Waals surface area (Å²) in [6, 6.07) is 0. The van der Waals surface area contributed by atoms with Crippen molar-refractivity contribution >= 4 is 15.9 Å². The topological polar surface area (TPSA) is 56.5 Å². The van der Waals surface area contributed by atoms with Gasteiger partial charge in [0.25, 0.3) is 0 Å². The van der Waals surface area contributed by atoms with Crippen LogP contribution in [0.2, 0.25) is 0 Å². The predicted molar refractivity (Wildman–Crippen MR) is 79.5 cm³/mol. The summed E-state index contributed by atoms with van der Waals surface area (Å²) in [6.07, 6.45) is 3.00. The molecule has 2 unspecified atom stereocenters. The molecule has 0 spiro atoms. The van der Waals surface area contributed by atoms with E-state index in [1.54, 1.807) is 13.3 Å². The Morgan fingerprint density at radius 1 is 1.65 bits per heavy atom. The number of aromatic nitrogens is 2. The van der Waals surface area contributed by atoms with Crippen molar-refractivity contribution < 1.29 is 14.6 Å². The van der Waals surface area contributed by atoms with Crippen LogP contribution in [0.3, 0.4) is 0 Å². The van der Waals surface area contributed by atoms with Crippen molar-refractivity contribution in [1.29, 1.82) is 0 Å². The SMILES string of the molecule is COCCn1ncc(Br)c1C1(O)CCOC(C(C)C)C1. The smallest absolute Gasteiger partial charge is 0.112 e. The molecule has 1 aromatic rings. The molecule has 0 amide bonds. The maximum Gasteiger partial charge on any atom is 0.112 e. The Hall–Kier alpha value is -0.430. The summed E-state index contributed by atoms with van der Waals surface area (Å²) in [6.45, 7) is 6.01. The fourth-order valence-electron chi connectivity index (χ4n) is 2.69. The molecule has 1 saturated heterocycles. The summed E-state index contributed by atoms with van der Waals surface area (Å²) in [4.78, 5) is 0. The van der Waals surface area contributed by atoms with Crippen molar-refractivity contribution in [2.45, 2.75) is 44.9 Å². The van der Waals surface area contributed by atoms with E-state index < -0.39 is 5.60 Å². The van der Waals surface area contributed by atoms with E-state index in [1.165, 1.54) is 0 Å². The lowest BCUT2D eigenvalue weighted by Crippen LogP contribution is -2.42. The van der Waals surface area contributed by atoms with Crippen LogP contribution < -0.4 is 0 Å². The highest BCUT2D eigenvalue weighted by atomic mass is 79.9. The van der Waals surface area contributed by atoms with E-state index in [0.29, 0.717) is 38.5 Å². The highest BCUT2D eigenvalue weighted by Crippen LogP contribution is 2.39. The van der Waals surface area contributed by atoms with Crippen LogP contribution in [0.1, 0.15) is 32.4 Å². The zero-order valence-corrected chi connectivity index (χ0v) is 13.9. The average molecular weight is 347 g/mol. The third-order valence-corrected chi connectivity index (χ3v) is 4.45. The van der Waals surface area contributed by atoms with E-state index in [0.717, 1.165) is 10.2 Å². The number of hydrogen-bond acceptors (Lipinski definition) is 4. The number of rotatable bonds is 5. The minimum Gasteiger partial charge on any atom is -0.383 e. The van der Waals surface area contributed by atoms with Gasteiger partial charge in [0.05, 0.1) is 42.2 Å². The molecule has 0 aromatic carbocycles. The molecule has 1 aliphatic rings. The first kappa shape index (κ1) is 15.9. The second-order valence-electron chi connectivity index (χ2n) is 5.70. The predicted octanol–water partition coefficient (Wildman–Crippen LogP) is 2.31. The van der Waals surface area contributed by atoms with Gasteiger partial charge in [-0.2, -0.15) is 5.10 Å². The van der Waals surface area contributed by atoms with Crippen LogP contribution in [0.5, 0.6) is 0 Å². The van der Waals surface area contributed by atoms with Gasteiger partial charge in [-0.15, -0.1) is 0 Å². The summed E-state index contributed by atoms with van der Waals surface area (Å²) in [7, 11) is 1.66. The second kappa shape index (κ2) is 6.56. The van der Waals surface area contributed by atoms with Crippen molar-refractivity contribution in [3.8, 4) is 0 Å². The fraction of sp³-hybridized carbons (Fsp3) is 0.786. The maximum absolute atomic E-state index is 11.1. The van der Waals surface area contributed by atoms with Gasteiger partial charge in [0.1, 0.15) is 5.60 Å². The summed E-state index contributed by atoms with van der Waals surface area (Å²) >= 11 is 3.51. The van der Waals surface area contributed by atoms with Gasteiger partial charge in [-0.1, -0.05) is 13.8 Å². The number of methoxy groups -OCH3 is 1. The largest absolute Gasteiger partial charge is 0.383 e. The minimum absolute atomic E-state index is 0.0754. The Kier molecular flexibility index (Phi) is 5.23. The Morgan fingerprint density at radius 3 is 3.05 bits per heavy atom. The van der Waals surface area contributed by atoms with E-state index in [-0.39, 0.29) is 6.10 Å². The number of ether oxygens (including phenoxy) is 2. The molecule has 1 fully saturated rings. The van der Waals surface area contributed by atoms with E-state index in [1.807, 2.05) is 4.68 Å². The molecule has 5 nitrogen and oxygen atoms in total. The molecule has 114 valence electrons. The molecule has 2 atom stereocenters. The molecule has 0 saturated carbocycles. The maximum atomic E-state index is 11.1. The zero-order valence-electron chi connectivity index (χ0n) is 12.3. The van der Waals surface area contributed by atoms with Crippen molar-refractivity contribution in [1.82, 2.24) is 9.78 Å². The molecule has 2 rings (SSSR count). The van der Waals surface area contributed by atoms with E-state index in [9.17, 15) is 5.11 Å². The molecule has 0 bridgehead atoms. The molecule has 6 heteroatoms. The van der Waals surface area contributed by atoms with Crippen LogP contribution in [0.4, 0.5) is 0 Å². The summed E-state index contributed by atoms with van der Waals surface area (Å²) in [5, 5.41) is 15.4.